The number of nitrogens with two attached hydrogens (primary N) is 1. The van der Waals surface area contributed by atoms with Gasteiger partial charge >= 0.3 is 0 Å². The molecule has 0 aliphatic heterocycles. The van der Waals surface area contributed by atoms with Crippen LogP contribution in [-0.2, 0) is 13.1 Å². The van der Waals surface area contributed by atoms with Crippen molar-refractivity contribution in [1.82, 2.24) is 15.3 Å². The van der Waals surface area contributed by atoms with Gasteiger partial charge in [0.1, 0.15) is 5.82 Å². The number of rotatable bonds is 5. The summed E-state index contributed by atoms with van der Waals surface area (Å²) in [5, 5.41) is 5.27. The van der Waals surface area contributed by atoms with Crippen LogP contribution in [0.4, 0.5) is 0 Å². The van der Waals surface area contributed by atoms with Crippen LogP contribution in [0.3, 0.4) is 0 Å². The lowest BCUT2D eigenvalue weighted by molar-refractivity contribution is 0.100. The van der Waals surface area contributed by atoms with Crippen LogP contribution in [0.5, 0.6) is 0 Å². The Labute approximate surface area is 122 Å². The van der Waals surface area contributed by atoms with E-state index in [1.807, 2.05) is 30.3 Å². The molecular weight excluding hydrogens is 264 g/mol. The summed E-state index contributed by atoms with van der Waals surface area (Å²) in [6, 6.07) is 11.5. The number of carbonyl (C=O) groups excluding carboxylic acids is 1. The highest BCUT2D eigenvalue weighted by molar-refractivity contribution is 6.07. The molecule has 0 aliphatic rings. The van der Waals surface area contributed by atoms with Crippen molar-refractivity contribution in [1.29, 1.82) is 0 Å². The first-order valence-corrected chi connectivity index (χ1v) is 6.75. The van der Waals surface area contributed by atoms with Gasteiger partial charge in [-0.1, -0.05) is 30.3 Å². The molecule has 5 heteroatoms. The van der Waals surface area contributed by atoms with Crippen LogP contribution in [0, 0.1) is 0 Å². The molecule has 21 heavy (non-hydrogen) atoms. The average Bonchev–Trinajstić information content (AvgIpc) is 3.00. The molecule has 106 valence electrons. The average molecular weight is 280 g/mol. The number of hydrogen-bond acceptors (Lipinski definition) is 3. The van der Waals surface area contributed by atoms with Gasteiger partial charge in [0.25, 0.3) is 0 Å². The van der Waals surface area contributed by atoms with Crippen molar-refractivity contribution in [3.63, 3.8) is 0 Å². The Kier molecular flexibility index (Phi) is 3.66. The van der Waals surface area contributed by atoms with E-state index in [4.69, 9.17) is 5.73 Å². The van der Waals surface area contributed by atoms with Crippen LogP contribution < -0.4 is 11.1 Å². The maximum atomic E-state index is 11.5. The summed E-state index contributed by atoms with van der Waals surface area (Å²) in [4.78, 5) is 18.7. The summed E-state index contributed by atoms with van der Waals surface area (Å²) in [6.07, 6.45) is 3.53. The van der Waals surface area contributed by atoms with Gasteiger partial charge in [-0.15, -0.1) is 0 Å². The van der Waals surface area contributed by atoms with Crippen molar-refractivity contribution in [3.05, 3.63) is 65.7 Å². The number of primary amides is 1. The van der Waals surface area contributed by atoms with E-state index < -0.39 is 5.91 Å². The number of fused-ring (bicyclic) bond motifs is 1. The summed E-state index contributed by atoms with van der Waals surface area (Å²) in [5.41, 5.74) is 7.11. The molecule has 4 N–H and O–H groups in total. The highest BCUT2D eigenvalue weighted by Gasteiger charge is 2.09. The van der Waals surface area contributed by atoms with E-state index in [2.05, 4.69) is 15.3 Å². The fourth-order valence-electron chi connectivity index (χ4n) is 2.44. The van der Waals surface area contributed by atoms with Crippen molar-refractivity contribution in [2.45, 2.75) is 13.1 Å². The molecule has 0 spiro atoms. The number of carbonyl (C=O) groups is 1. The minimum Gasteiger partial charge on any atom is -0.366 e. The predicted molar refractivity (Wildman–Crippen MR) is 81.6 cm³/mol. The molecular formula is C16H16N4O. The molecule has 1 heterocycles. The number of amides is 1. The molecule has 1 amide bonds. The fraction of sp³-hybridized carbons (Fsp3) is 0.125. The van der Waals surface area contributed by atoms with Crippen molar-refractivity contribution >= 4 is 16.7 Å². The SMILES string of the molecule is NC(=O)c1ccc(CNCc2ncc[nH]2)c2ccccc12. The van der Waals surface area contributed by atoms with Crippen molar-refractivity contribution in [3.8, 4) is 0 Å². The van der Waals surface area contributed by atoms with E-state index >= 15 is 0 Å². The van der Waals surface area contributed by atoms with Gasteiger partial charge in [-0.3, -0.25) is 4.79 Å². The number of aromatic amines is 1. The van der Waals surface area contributed by atoms with Crippen LogP contribution in [0.25, 0.3) is 10.8 Å². The first-order chi connectivity index (χ1) is 10.3. The molecule has 1 aromatic heterocycles. The van der Waals surface area contributed by atoms with Gasteiger partial charge in [-0.2, -0.15) is 0 Å². The van der Waals surface area contributed by atoms with Crippen LogP contribution in [0.2, 0.25) is 0 Å². The Hall–Kier alpha value is -2.66. The molecule has 0 saturated heterocycles. The smallest absolute Gasteiger partial charge is 0.249 e. The minimum atomic E-state index is -0.402. The first kappa shape index (κ1) is 13.3. The Morgan fingerprint density at radius 1 is 1.14 bits per heavy atom. The molecule has 3 aromatic rings. The molecule has 5 nitrogen and oxygen atoms in total. The van der Waals surface area contributed by atoms with E-state index in [1.54, 1.807) is 18.5 Å². The second-order valence-corrected chi connectivity index (χ2v) is 4.82. The van der Waals surface area contributed by atoms with Gasteiger partial charge in [0.05, 0.1) is 6.54 Å². The summed E-state index contributed by atoms with van der Waals surface area (Å²) in [6.45, 7) is 1.36. The number of benzene rings is 2. The number of nitrogens with one attached hydrogen (secondary N) is 2. The predicted octanol–water partition coefficient (Wildman–Crippen LogP) is 1.95. The summed E-state index contributed by atoms with van der Waals surface area (Å²) >= 11 is 0. The van der Waals surface area contributed by atoms with Crippen molar-refractivity contribution in [2.75, 3.05) is 0 Å². The maximum Gasteiger partial charge on any atom is 0.249 e. The Morgan fingerprint density at radius 3 is 2.67 bits per heavy atom. The zero-order valence-corrected chi connectivity index (χ0v) is 11.5. The lowest BCUT2D eigenvalue weighted by Gasteiger charge is -2.10. The second-order valence-electron chi connectivity index (χ2n) is 4.82. The van der Waals surface area contributed by atoms with Gasteiger partial charge in [-0.05, 0) is 22.4 Å². The van der Waals surface area contributed by atoms with E-state index in [9.17, 15) is 4.79 Å². The summed E-state index contributed by atoms with van der Waals surface area (Å²) in [7, 11) is 0. The molecule has 3 rings (SSSR count). The Morgan fingerprint density at radius 2 is 1.95 bits per heavy atom. The molecule has 0 unspecified atom stereocenters. The molecule has 0 aliphatic carbocycles. The Bertz CT molecular complexity index is 765. The molecule has 0 bridgehead atoms. The minimum absolute atomic E-state index is 0.402. The van der Waals surface area contributed by atoms with E-state index in [0.717, 1.165) is 22.2 Å². The fourth-order valence-corrected chi connectivity index (χ4v) is 2.44. The lowest BCUT2D eigenvalue weighted by Crippen LogP contribution is -2.15. The summed E-state index contributed by atoms with van der Waals surface area (Å²) < 4.78 is 0. The molecule has 0 fully saturated rings. The third-order valence-electron chi connectivity index (χ3n) is 3.44. The van der Waals surface area contributed by atoms with Gasteiger partial charge in [-0.25, -0.2) is 4.98 Å². The standard InChI is InChI=1S/C16H16N4O/c17-16(21)14-6-5-11(12-3-1-2-4-13(12)14)9-18-10-15-19-7-8-20-15/h1-8,18H,9-10H2,(H2,17,21)(H,19,20). The number of nitrogens with zero attached hydrogens (tertiary/aromatic N) is 1. The van der Waals surface area contributed by atoms with Crippen LogP contribution in [0.1, 0.15) is 21.7 Å². The second kappa shape index (κ2) is 5.76. The third kappa shape index (κ3) is 2.78. The maximum absolute atomic E-state index is 11.5. The molecule has 0 atom stereocenters. The van der Waals surface area contributed by atoms with Crippen LogP contribution >= 0.6 is 0 Å². The monoisotopic (exact) mass is 280 g/mol. The Balaban J connectivity index is 1.85. The number of imidazole rings is 1. The molecule has 0 radical (unpaired) electrons. The largest absolute Gasteiger partial charge is 0.366 e. The normalized spacial score (nSPS) is 10.9. The van der Waals surface area contributed by atoms with Crippen LogP contribution in [-0.4, -0.2) is 15.9 Å². The van der Waals surface area contributed by atoms with E-state index in [0.29, 0.717) is 18.7 Å². The third-order valence-corrected chi connectivity index (χ3v) is 3.44. The highest BCUT2D eigenvalue weighted by atomic mass is 16.1. The van der Waals surface area contributed by atoms with Crippen molar-refractivity contribution in [2.24, 2.45) is 5.73 Å². The highest BCUT2D eigenvalue weighted by Crippen LogP contribution is 2.22. The van der Waals surface area contributed by atoms with Gasteiger partial charge in [0.2, 0.25) is 5.91 Å². The zero-order valence-electron chi connectivity index (χ0n) is 11.5. The van der Waals surface area contributed by atoms with Crippen LogP contribution in [0.15, 0.2) is 48.8 Å². The molecule has 0 saturated carbocycles. The van der Waals surface area contributed by atoms with Gasteiger partial charge in [0, 0.05) is 24.5 Å². The lowest BCUT2D eigenvalue weighted by atomic mass is 9.99. The zero-order chi connectivity index (χ0) is 14.7. The topological polar surface area (TPSA) is 83.8 Å². The quantitative estimate of drug-likeness (QED) is 0.668. The number of aromatic nitrogens is 2. The van der Waals surface area contributed by atoms with E-state index in [1.165, 1.54) is 0 Å². The first-order valence-electron chi connectivity index (χ1n) is 6.75. The van der Waals surface area contributed by atoms with Gasteiger partial charge in [0.15, 0.2) is 0 Å². The van der Waals surface area contributed by atoms with Crippen molar-refractivity contribution < 1.29 is 4.79 Å². The van der Waals surface area contributed by atoms with Gasteiger partial charge < -0.3 is 16.0 Å². The molecule has 2 aromatic carbocycles. The number of H-pyrrole nitrogens is 1. The van der Waals surface area contributed by atoms with E-state index in [-0.39, 0.29) is 0 Å². The number of hydrogen-bond donors (Lipinski definition) is 3. The summed E-state index contributed by atoms with van der Waals surface area (Å²) in [5.74, 6) is 0.495.